The van der Waals surface area contributed by atoms with Crippen LogP contribution in [-0.2, 0) is 17.9 Å². The molecule has 1 N–H and O–H groups in total. The highest BCUT2D eigenvalue weighted by molar-refractivity contribution is 7.16. The predicted octanol–water partition coefficient (Wildman–Crippen LogP) is 1.22. The Hall–Kier alpha value is -1.05. The van der Waals surface area contributed by atoms with E-state index in [1.807, 2.05) is 0 Å². The van der Waals surface area contributed by atoms with E-state index in [1.165, 1.54) is 0 Å². The van der Waals surface area contributed by atoms with Crippen LogP contribution in [0.25, 0.3) is 4.96 Å². The van der Waals surface area contributed by atoms with Gasteiger partial charge in [-0.25, -0.2) is 0 Å². The molecule has 7 heteroatoms. The van der Waals surface area contributed by atoms with E-state index in [0.29, 0.717) is 6.61 Å². The summed E-state index contributed by atoms with van der Waals surface area (Å²) in [5.41, 5.74) is 0.0847. The summed E-state index contributed by atoms with van der Waals surface area (Å²) in [5, 5.41) is 16.9. The van der Waals surface area contributed by atoms with Crippen molar-refractivity contribution < 1.29 is 4.74 Å². The standard InChI is InChI=1S/C10H17N5OS/c1-10(2,3)11-5-8-14-15-7(6-16-4)12-13-9(15)17-8/h11H,5-6H2,1-4H3. The summed E-state index contributed by atoms with van der Waals surface area (Å²) in [6, 6.07) is 0. The first-order valence-electron chi connectivity index (χ1n) is 5.43. The molecule has 0 fully saturated rings. The van der Waals surface area contributed by atoms with Crippen LogP contribution in [-0.4, -0.2) is 32.5 Å². The van der Waals surface area contributed by atoms with Gasteiger partial charge in [0.1, 0.15) is 11.6 Å². The van der Waals surface area contributed by atoms with E-state index in [2.05, 4.69) is 41.4 Å². The van der Waals surface area contributed by atoms with Crippen molar-refractivity contribution >= 4 is 16.3 Å². The molecule has 0 aliphatic heterocycles. The summed E-state index contributed by atoms with van der Waals surface area (Å²) in [6.07, 6.45) is 0. The van der Waals surface area contributed by atoms with Gasteiger partial charge in [0, 0.05) is 12.6 Å². The largest absolute Gasteiger partial charge is 0.377 e. The molecule has 6 nitrogen and oxygen atoms in total. The van der Waals surface area contributed by atoms with Gasteiger partial charge in [0.05, 0.1) is 6.54 Å². The second-order valence-electron chi connectivity index (χ2n) is 4.84. The zero-order valence-corrected chi connectivity index (χ0v) is 11.3. The number of aromatic nitrogens is 4. The Morgan fingerprint density at radius 2 is 2.12 bits per heavy atom. The maximum absolute atomic E-state index is 5.04. The number of rotatable bonds is 4. The molecule has 0 atom stereocenters. The smallest absolute Gasteiger partial charge is 0.234 e. The van der Waals surface area contributed by atoms with Crippen molar-refractivity contribution in [1.82, 2.24) is 25.1 Å². The van der Waals surface area contributed by atoms with E-state index in [1.54, 1.807) is 23.0 Å². The zero-order chi connectivity index (χ0) is 12.5. The van der Waals surface area contributed by atoms with Crippen LogP contribution in [0.1, 0.15) is 31.6 Å². The molecule has 94 valence electrons. The minimum absolute atomic E-state index is 0.0847. The molecule has 0 saturated heterocycles. The van der Waals surface area contributed by atoms with E-state index in [9.17, 15) is 0 Å². The molecule has 0 aromatic carbocycles. The van der Waals surface area contributed by atoms with Crippen molar-refractivity contribution in [2.24, 2.45) is 0 Å². The third kappa shape index (κ3) is 2.99. The van der Waals surface area contributed by atoms with E-state index < -0.39 is 0 Å². The fraction of sp³-hybridized carbons (Fsp3) is 0.700. The number of ether oxygens (including phenoxy) is 1. The Balaban J connectivity index is 2.15. The minimum atomic E-state index is 0.0847. The molecule has 0 aliphatic carbocycles. The van der Waals surface area contributed by atoms with Gasteiger partial charge in [-0.1, -0.05) is 11.3 Å². The molecule has 2 aromatic rings. The first-order valence-corrected chi connectivity index (χ1v) is 6.25. The average molecular weight is 255 g/mol. The van der Waals surface area contributed by atoms with Crippen molar-refractivity contribution in [3.05, 3.63) is 10.8 Å². The highest BCUT2D eigenvalue weighted by atomic mass is 32.1. The van der Waals surface area contributed by atoms with Crippen molar-refractivity contribution in [3.63, 3.8) is 0 Å². The van der Waals surface area contributed by atoms with Crippen LogP contribution in [0.3, 0.4) is 0 Å². The maximum Gasteiger partial charge on any atom is 0.234 e. The molecular weight excluding hydrogens is 238 g/mol. The normalized spacial score (nSPS) is 12.5. The van der Waals surface area contributed by atoms with Gasteiger partial charge >= 0.3 is 0 Å². The maximum atomic E-state index is 5.04. The fourth-order valence-electron chi connectivity index (χ4n) is 1.33. The fourth-order valence-corrected chi connectivity index (χ4v) is 2.12. The van der Waals surface area contributed by atoms with Crippen molar-refractivity contribution in [2.75, 3.05) is 7.11 Å². The van der Waals surface area contributed by atoms with Crippen molar-refractivity contribution in [2.45, 2.75) is 39.5 Å². The van der Waals surface area contributed by atoms with E-state index in [-0.39, 0.29) is 5.54 Å². The molecule has 2 aromatic heterocycles. The van der Waals surface area contributed by atoms with Crippen LogP contribution in [0.5, 0.6) is 0 Å². The summed E-state index contributed by atoms with van der Waals surface area (Å²) in [6.45, 7) is 7.55. The van der Waals surface area contributed by atoms with Crippen LogP contribution < -0.4 is 5.32 Å². The molecule has 17 heavy (non-hydrogen) atoms. The SMILES string of the molecule is COCc1nnc2sc(CNC(C)(C)C)nn12. The van der Waals surface area contributed by atoms with Crippen LogP contribution in [0.4, 0.5) is 0 Å². The lowest BCUT2D eigenvalue weighted by atomic mass is 10.1. The molecular formula is C10H17N5OS. The minimum Gasteiger partial charge on any atom is -0.377 e. The Kier molecular flexibility index (Phi) is 3.41. The van der Waals surface area contributed by atoms with Gasteiger partial charge in [-0.3, -0.25) is 0 Å². The van der Waals surface area contributed by atoms with Gasteiger partial charge in [-0.15, -0.1) is 10.2 Å². The van der Waals surface area contributed by atoms with Gasteiger partial charge in [-0.2, -0.15) is 9.61 Å². The lowest BCUT2D eigenvalue weighted by Crippen LogP contribution is -2.35. The molecule has 0 saturated carbocycles. The number of fused-ring (bicyclic) bond motifs is 1. The van der Waals surface area contributed by atoms with Gasteiger partial charge in [-0.05, 0) is 20.8 Å². The number of methoxy groups -OCH3 is 1. The van der Waals surface area contributed by atoms with Crippen LogP contribution in [0, 0.1) is 0 Å². The van der Waals surface area contributed by atoms with Crippen molar-refractivity contribution in [1.29, 1.82) is 0 Å². The van der Waals surface area contributed by atoms with Gasteiger partial charge < -0.3 is 10.1 Å². The Morgan fingerprint density at radius 3 is 2.76 bits per heavy atom. The molecule has 0 spiro atoms. The highest BCUT2D eigenvalue weighted by Gasteiger charge is 2.14. The third-order valence-electron chi connectivity index (χ3n) is 2.14. The predicted molar refractivity (Wildman–Crippen MR) is 66.0 cm³/mol. The number of hydrogen-bond acceptors (Lipinski definition) is 6. The topological polar surface area (TPSA) is 64.3 Å². The molecule has 0 bridgehead atoms. The van der Waals surface area contributed by atoms with E-state index in [0.717, 1.165) is 22.3 Å². The second kappa shape index (κ2) is 4.67. The summed E-state index contributed by atoms with van der Waals surface area (Å²) in [4.78, 5) is 0.808. The van der Waals surface area contributed by atoms with Crippen LogP contribution in [0.2, 0.25) is 0 Å². The molecule has 0 amide bonds. The van der Waals surface area contributed by atoms with Gasteiger partial charge in [0.2, 0.25) is 4.96 Å². The van der Waals surface area contributed by atoms with E-state index >= 15 is 0 Å². The number of nitrogens with zero attached hydrogens (tertiary/aromatic N) is 4. The number of nitrogens with one attached hydrogen (secondary N) is 1. The van der Waals surface area contributed by atoms with Gasteiger partial charge in [0.25, 0.3) is 0 Å². The van der Waals surface area contributed by atoms with Crippen LogP contribution in [0.15, 0.2) is 0 Å². The first-order chi connectivity index (χ1) is 7.99. The lowest BCUT2D eigenvalue weighted by molar-refractivity contribution is 0.176. The molecule has 2 heterocycles. The quantitative estimate of drug-likeness (QED) is 0.890. The summed E-state index contributed by atoms with van der Waals surface area (Å²) < 4.78 is 6.79. The van der Waals surface area contributed by atoms with Crippen LogP contribution >= 0.6 is 11.3 Å². The molecule has 0 unspecified atom stereocenters. The Bertz CT molecular complexity index is 498. The average Bonchev–Trinajstić information content (AvgIpc) is 2.76. The van der Waals surface area contributed by atoms with E-state index in [4.69, 9.17) is 4.74 Å². The molecule has 2 rings (SSSR count). The first kappa shape index (κ1) is 12.4. The summed E-state index contributed by atoms with van der Waals surface area (Å²) >= 11 is 1.54. The zero-order valence-electron chi connectivity index (χ0n) is 10.5. The third-order valence-corrected chi connectivity index (χ3v) is 3.04. The molecule has 0 aliphatic rings. The Morgan fingerprint density at radius 1 is 1.35 bits per heavy atom. The monoisotopic (exact) mass is 255 g/mol. The lowest BCUT2D eigenvalue weighted by Gasteiger charge is -2.19. The number of hydrogen-bond donors (Lipinski definition) is 1. The molecule has 0 radical (unpaired) electrons. The summed E-state index contributed by atoms with van der Waals surface area (Å²) in [5.74, 6) is 0.737. The van der Waals surface area contributed by atoms with Gasteiger partial charge in [0.15, 0.2) is 5.82 Å². The summed E-state index contributed by atoms with van der Waals surface area (Å²) in [7, 11) is 1.63. The second-order valence-corrected chi connectivity index (χ2v) is 5.88. The highest BCUT2D eigenvalue weighted by Crippen LogP contribution is 2.15. The Labute approximate surface area is 104 Å². The van der Waals surface area contributed by atoms with Crippen molar-refractivity contribution in [3.8, 4) is 0 Å².